The van der Waals surface area contributed by atoms with Crippen LogP contribution in [0.5, 0.6) is 0 Å². The summed E-state index contributed by atoms with van der Waals surface area (Å²) in [6, 6.07) is 0. The van der Waals surface area contributed by atoms with E-state index in [1.807, 2.05) is 27.7 Å². The minimum Gasteiger partial charge on any atom is -0.462 e. The highest BCUT2D eigenvalue weighted by Gasteiger charge is 2.33. The number of hydrogen-bond acceptors (Lipinski definition) is 14. The fourth-order valence-corrected chi connectivity index (χ4v) is 5.48. The smallest absolute Gasteiger partial charge is 0.302 e. The van der Waals surface area contributed by atoms with Gasteiger partial charge in [-0.2, -0.15) is 0 Å². The highest BCUT2D eigenvalue weighted by atomic mass is 16.6. The lowest BCUT2D eigenvalue weighted by atomic mass is 9.93. The Morgan fingerprint density at radius 1 is 0.333 bits per heavy atom. The predicted molar refractivity (Wildman–Crippen MR) is 171 cm³/mol. The van der Waals surface area contributed by atoms with Gasteiger partial charge in [0.1, 0.15) is 42.7 Å². The molecule has 14 heteroatoms. The van der Waals surface area contributed by atoms with Crippen molar-refractivity contribution in [2.75, 3.05) is 0 Å². The van der Waals surface area contributed by atoms with E-state index in [2.05, 4.69) is 0 Å². The van der Waals surface area contributed by atoms with Crippen LogP contribution in [0.1, 0.15) is 121 Å². The molecule has 0 rings (SSSR count). The number of carbonyl (C=O) groups is 7. The number of carbonyl (C=O) groups excluding carboxylic acids is 7. The van der Waals surface area contributed by atoms with Crippen molar-refractivity contribution in [3.63, 3.8) is 0 Å². The zero-order valence-corrected chi connectivity index (χ0v) is 30.4. The highest BCUT2D eigenvalue weighted by molar-refractivity contribution is 5.68. The first-order valence-electron chi connectivity index (χ1n) is 16.4. The average molecular weight is 689 g/mol. The van der Waals surface area contributed by atoms with E-state index in [1.54, 1.807) is 0 Å². The van der Waals surface area contributed by atoms with Crippen LogP contribution in [0.2, 0.25) is 0 Å². The van der Waals surface area contributed by atoms with Gasteiger partial charge >= 0.3 is 41.8 Å². The third-order valence-corrected chi connectivity index (χ3v) is 6.92. The Balaban J connectivity index is 6.37. The van der Waals surface area contributed by atoms with Crippen molar-refractivity contribution in [1.29, 1.82) is 0 Å². The minimum absolute atomic E-state index is 0.0143. The zero-order valence-electron chi connectivity index (χ0n) is 30.4. The van der Waals surface area contributed by atoms with E-state index >= 15 is 0 Å². The van der Waals surface area contributed by atoms with Crippen LogP contribution in [0, 0.1) is 11.8 Å². The molecule has 0 saturated heterocycles. The van der Waals surface area contributed by atoms with E-state index < -0.39 is 84.5 Å². The van der Waals surface area contributed by atoms with Crippen molar-refractivity contribution in [3.8, 4) is 0 Å². The topological polar surface area (TPSA) is 184 Å². The molecule has 0 amide bonds. The monoisotopic (exact) mass is 688 g/mol. The second-order valence-corrected chi connectivity index (χ2v) is 12.8. The second-order valence-electron chi connectivity index (χ2n) is 12.8. The van der Waals surface area contributed by atoms with Gasteiger partial charge in [-0.3, -0.25) is 33.6 Å². The Morgan fingerprint density at radius 3 is 0.729 bits per heavy atom. The quantitative estimate of drug-likeness (QED) is 0.114. The highest BCUT2D eigenvalue weighted by Crippen LogP contribution is 2.26. The summed E-state index contributed by atoms with van der Waals surface area (Å²) in [7, 11) is 0. The van der Waals surface area contributed by atoms with Gasteiger partial charge in [-0.05, 0) is 18.3 Å². The molecular formula is C34H56O14. The molecule has 0 aromatic carbocycles. The number of esters is 7. The van der Waals surface area contributed by atoms with Crippen LogP contribution in [0.4, 0.5) is 0 Å². The van der Waals surface area contributed by atoms with Crippen LogP contribution in [0.25, 0.3) is 0 Å². The molecule has 0 heterocycles. The molecule has 0 aliphatic heterocycles. The maximum atomic E-state index is 12.2. The van der Waals surface area contributed by atoms with Crippen molar-refractivity contribution < 1.29 is 66.7 Å². The van der Waals surface area contributed by atoms with Crippen molar-refractivity contribution in [3.05, 3.63) is 0 Å². The lowest BCUT2D eigenvalue weighted by molar-refractivity contribution is -0.160. The summed E-state index contributed by atoms with van der Waals surface area (Å²) >= 11 is 0. The van der Waals surface area contributed by atoms with Crippen LogP contribution < -0.4 is 0 Å². The Kier molecular flexibility index (Phi) is 21.0. The summed E-state index contributed by atoms with van der Waals surface area (Å²) in [4.78, 5) is 84.0. The van der Waals surface area contributed by atoms with Crippen molar-refractivity contribution in [2.45, 2.75) is 164 Å². The van der Waals surface area contributed by atoms with Crippen LogP contribution in [0.15, 0.2) is 0 Å². The fourth-order valence-electron chi connectivity index (χ4n) is 5.48. The van der Waals surface area contributed by atoms with Gasteiger partial charge in [-0.1, -0.05) is 27.7 Å². The van der Waals surface area contributed by atoms with E-state index in [1.165, 1.54) is 48.5 Å². The van der Waals surface area contributed by atoms with Crippen molar-refractivity contribution in [2.24, 2.45) is 11.8 Å². The molecular weight excluding hydrogens is 632 g/mol. The SMILES string of the molecule is CC(=O)OC(CC(C)C)CC(CC(CC(CC(CC(CC(OC(C)=O)C(C)C)OC(C)=O)OC(C)=O)OC(C)=O)OC(C)=O)OC(C)=O. The molecule has 7 unspecified atom stereocenters. The Hall–Kier alpha value is -3.71. The van der Waals surface area contributed by atoms with Gasteiger partial charge in [0.25, 0.3) is 0 Å². The van der Waals surface area contributed by atoms with Crippen LogP contribution in [-0.2, 0) is 66.7 Å². The summed E-state index contributed by atoms with van der Waals surface area (Å²) in [6.07, 6.45) is -5.15. The lowest BCUT2D eigenvalue weighted by Gasteiger charge is -2.31. The Labute approximate surface area is 284 Å². The van der Waals surface area contributed by atoms with E-state index in [9.17, 15) is 33.6 Å². The Morgan fingerprint density at radius 2 is 0.542 bits per heavy atom. The fraction of sp³-hybridized carbons (Fsp3) is 0.794. The van der Waals surface area contributed by atoms with Crippen molar-refractivity contribution >= 4 is 41.8 Å². The first-order chi connectivity index (χ1) is 22.2. The summed E-state index contributed by atoms with van der Waals surface area (Å²) in [5, 5.41) is 0. The average Bonchev–Trinajstić information content (AvgIpc) is 2.84. The van der Waals surface area contributed by atoms with E-state index in [-0.39, 0.29) is 50.4 Å². The molecule has 0 saturated carbocycles. The predicted octanol–water partition coefficient (Wildman–Crippen LogP) is 4.55. The van der Waals surface area contributed by atoms with Gasteiger partial charge in [0.15, 0.2) is 0 Å². The zero-order chi connectivity index (χ0) is 37.1. The van der Waals surface area contributed by atoms with Gasteiger partial charge in [0.05, 0.1) is 0 Å². The number of ether oxygens (including phenoxy) is 7. The molecule has 48 heavy (non-hydrogen) atoms. The van der Waals surface area contributed by atoms with Crippen LogP contribution >= 0.6 is 0 Å². The van der Waals surface area contributed by atoms with E-state index in [0.717, 1.165) is 0 Å². The molecule has 0 fully saturated rings. The summed E-state index contributed by atoms with van der Waals surface area (Å²) in [6.45, 7) is 16.2. The molecule has 0 aromatic rings. The van der Waals surface area contributed by atoms with Gasteiger partial charge in [0, 0.05) is 87.0 Å². The molecule has 0 aliphatic rings. The van der Waals surface area contributed by atoms with Gasteiger partial charge in [-0.25, -0.2) is 0 Å². The number of rotatable bonds is 22. The van der Waals surface area contributed by atoms with E-state index in [4.69, 9.17) is 33.2 Å². The van der Waals surface area contributed by atoms with Crippen molar-refractivity contribution in [1.82, 2.24) is 0 Å². The molecule has 7 atom stereocenters. The van der Waals surface area contributed by atoms with Gasteiger partial charge in [-0.15, -0.1) is 0 Å². The largest absolute Gasteiger partial charge is 0.462 e. The maximum absolute atomic E-state index is 12.2. The van der Waals surface area contributed by atoms with Gasteiger partial charge < -0.3 is 33.2 Å². The molecule has 0 aromatic heterocycles. The third-order valence-electron chi connectivity index (χ3n) is 6.92. The normalized spacial score (nSPS) is 15.5. The minimum atomic E-state index is -0.971. The maximum Gasteiger partial charge on any atom is 0.302 e. The first-order valence-corrected chi connectivity index (χ1v) is 16.4. The summed E-state index contributed by atoms with van der Waals surface area (Å²) < 4.78 is 38.7. The molecule has 0 N–H and O–H groups in total. The molecule has 276 valence electrons. The lowest BCUT2D eigenvalue weighted by Crippen LogP contribution is -2.37. The summed E-state index contributed by atoms with van der Waals surface area (Å²) in [5.41, 5.74) is 0. The molecule has 14 nitrogen and oxygen atoms in total. The molecule has 0 spiro atoms. The van der Waals surface area contributed by atoms with Crippen LogP contribution in [0.3, 0.4) is 0 Å². The number of hydrogen-bond donors (Lipinski definition) is 0. The first kappa shape index (κ1) is 44.3. The second kappa shape index (κ2) is 22.8. The third kappa shape index (κ3) is 22.8. The van der Waals surface area contributed by atoms with E-state index in [0.29, 0.717) is 6.42 Å². The molecule has 0 radical (unpaired) electrons. The van der Waals surface area contributed by atoms with Gasteiger partial charge in [0.2, 0.25) is 0 Å². The Bertz CT molecular complexity index is 1070. The standard InChI is InChI=1S/C34H56O14/c1-19(2)12-28(42-21(5)35)13-29(43-22(6)36)14-30(44-23(7)37)15-31(45-24(8)38)16-32(46-25(9)39)17-33(47-26(10)40)18-34(20(3)4)48-27(11)41/h19-20,28-34H,12-18H2,1-11H3. The molecule has 0 bridgehead atoms. The van der Waals surface area contributed by atoms with Crippen LogP contribution in [-0.4, -0.2) is 84.5 Å². The summed E-state index contributed by atoms with van der Waals surface area (Å²) in [5.74, 6) is -4.10. The molecule has 0 aliphatic carbocycles.